The van der Waals surface area contributed by atoms with Crippen molar-refractivity contribution in [1.29, 1.82) is 0 Å². The third-order valence-electron chi connectivity index (χ3n) is 3.05. The van der Waals surface area contributed by atoms with Gasteiger partial charge in [0.2, 0.25) is 0 Å². The van der Waals surface area contributed by atoms with Gasteiger partial charge in [0.25, 0.3) is 5.91 Å². The van der Waals surface area contributed by atoms with Crippen molar-refractivity contribution in [2.24, 2.45) is 0 Å². The second-order valence-corrected chi connectivity index (χ2v) is 5.14. The summed E-state index contributed by atoms with van der Waals surface area (Å²) < 4.78 is 0. The molecule has 0 aliphatic rings. The Labute approximate surface area is 128 Å². The number of carbonyl (C=O) groups is 1. The van der Waals surface area contributed by atoms with Crippen LogP contribution in [0.3, 0.4) is 0 Å². The van der Waals surface area contributed by atoms with E-state index in [1.54, 1.807) is 43.3 Å². The number of hydrogen-bond acceptors (Lipinski definition) is 3. The molecule has 0 fully saturated rings. The number of phenols is 1. The number of nitrogens with one attached hydrogen (secondary N) is 2. The van der Waals surface area contributed by atoms with E-state index in [0.29, 0.717) is 5.56 Å². The van der Waals surface area contributed by atoms with Gasteiger partial charge in [0, 0.05) is 11.3 Å². The van der Waals surface area contributed by atoms with Crippen LogP contribution in [0.25, 0.3) is 0 Å². The van der Waals surface area contributed by atoms with Gasteiger partial charge in [0.15, 0.2) is 5.11 Å². The van der Waals surface area contributed by atoms with Crippen molar-refractivity contribution in [3.8, 4) is 5.75 Å². The maximum atomic E-state index is 12.0. The molecule has 0 radical (unpaired) electrons. The van der Waals surface area contributed by atoms with Gasteiger partial charge in [-0.2, -0.15) is 0 Å². The van der Waals surface area contributed by atoms with Gasteiger partial charge >= 0.3 is 0 Å². The third-order valence-corrected chi connectivity index (χ3v) is 3.26. The van der Waals surface area contributed by atoms with Crippen LogP contribution in [0.5, 0.6) is 5.75 Å². The molecule has 2 rings (SSSR count). The first-order valence-corrected chi connectivity index (χ1v) is 6.86. The Bertz CT molecular complexity index is 684. The molecular weight excluding hydrogens is 284 g/mol. The highest BCUT2D eigenvalue weighted by Gasteiger charge is 2.09. The fraction of sp³-hybridized carbons (Fsp3) is 0.125. The Morgan fingerprint density at radius 3 is 2.43 bits per heavy atom. The van der Waals surface area contributed by atoms with Crippen LogP contribution in [0.4, 0.5) is 5.69 Å². The van der Waals surface area contributed by atoms with Crippen molar-refractivity contribution >= 4 is 28.9 Å². The Morgan fingerprint density at radius 2 is 1.76 bits per heavy atom. The highest BCUT2D eigenvalue weighted by Crippen LogP contribution is 2.24. The van der Waals surface area contributed by atoms with Gasteiger partial charge in [-0.3, -0.25) is 10.1 Å². The lowest BCUT2D eigenvalue weighted by atomic mass is 10.1. The largest absolute Gasteiger partial charge is 0.508 e. The smallest absolute Gasteiger partial charge is 0.257 e. The first kappa shape index (κ1) is 15.0. The fourth-order valence-electron chi connectivity index (χ4n) is 1.85. The summed E-state index contributed by atoms with van der Waals surface area (Å²) in [4.78, 5) is 12.0. The predicted molar refractivity (Wildman–Crippen MR) is 87.7 cm³/mol. The minimum Gasteiger partial charge on any atom is -0.508 e. The number of phenolic OH excluding ortho intramolecular Hbond substituents is 1. The number of rotatable bonds is 2. The van der Waals surface area contributed by atoms with Gasteiger partial charge < -0.3 is 10.4 Å². The zero-order chi connectivity index (χ0) is 15.4. The van der Waals surface area contributed by atoms with E-state index >= 15 is 0 Å². The Kier molecular flexibility index (Phi) is 4.55. The number of aryl methyl sites for hydroxylation is 2. The molecule has 3 N–H and O–H groups in total. The molecule has 2 aromatic carbocycles. The van der Waals surface area contributed by atoms with E-state index in [9.17, 15) is 9.90 Å². The van der Waals surface area contributed by atoms with Crippen LogP contribution in [0.2, 0.25) is 0 Å². The lowest BCUT2D eigenvalue weighted by Gasteiger charge is -2.13. The SMILES string of the molecule is Cc1cc(NC(=S)NC(=O)c2ccccc2)c(C)cc1O. The summed E-state index contributed by atoms with van der Waals surface area (Å²) in [5, 5.41) is 15.4. The van der Waals surface area contributed by atoms with Crippen molar-refractivity contribution in [2.75, 3.05) is 5.32 Å². The third kappa shape index (κ3) is 3.79. The molecule has 4 nitrogen and oxygen atoms in total. The van der Waals surface area contributed by atoms with Gasteiger partial charge in [-0.25, -0.2) is 0 Å². The molecule has 108 valence electrons. The first-order chi connectivity index (χ1) is 9.97. The van der Waals surface area contributed by atoms with Crippen molar-refractivity contribution in [3.63, 3.8) is 0 Å². The zero-order valence-electron chi connectivity index (χ0n) is 11.8. The Morgan fingerprint density at radius 1 is 1.10 bits per heavy atom. The van der Waals surface area contributed by atoms with Crippen molar-refractivity contribution in [1.82, 2.24) is 5.32 Å². The summed E-state index contributed by atoms with van der Waals surface area (Å²) in [7, 11) is 0. The molecule has 0 aliphatic carbocycles. The molecule has 0 unspecified atom stereocenters. The molecular formula is C16H16N2O2S. The van der Waals surface area contributed by atoms with Crippen LogP contribution < -0.4 is 10.6 Å². The van der Waals surface area contributed by atoms with Gasteiger partial charge in [-0.05, 0) is 61.5 Å². The molecule has 2 aromatic rings. The Hall–Kier alpha value is -2.40. The number of amides is 1. The van der Waals surface area contributed by atoms with Crippen LogP contribution in [0, 0.1) is 13.8 Å². The average molecular weight is 300 g/mol. The number of hydrogen-bond donors (Lipinski definition) is 3. The molecule has 0 spiro atoms. The number of anilines is 1. The molecule has 0 aliphatic heterocycles. The molecule has 0 atom stereocenters. The topological polar surface area (TPSA) is 61.4 Å². The summed E-state index contributed by atoms with van der Waals surface area (Å²) in [5.74, 6) is -0.0291. The molecule has 0 aromatic heterocycles. The van der Waals surface area contributed by atoms with E-state index in [1.165, 1.54) is 0 Å². The lowest BCUT2D eigenvalue weighted by Crippen LogP contribution is -2.34. The highest BCUT2D eigenvalue weighted by atomic mass is 32.1. The quantitative estimate of drug-likeness (QED) is 0.589. The number of thiocarbonyl (C=S) groups is 1. The van der Waals surface area contributed by atoms with Crippen molar-refractivity contribution in [2.45, 2.75) is 13.8 Å². The van der Waals surface area contributed by atoms with E-state index in [0.717, 1.165) is 16.8 Å². The van der Waals surface area contributed by atoms with E-state index in [4.69, 9.17) is 12.2 Å². The van der Waals surface area contributed by atoms with Crippen LogP contribution >= 0.6 is 12.2 Å². The van der Waals surface area contributed by atoms with Gasteiger partial charge in [-0.15, -0.1) is 0 Å². The summed E-state index contributed by atoms with van der Waals surface area (Å²) in [5.41, 5.74) is 2.87. The monoisotopic (exact) mass is 300 g/mol. The molecule has 0 saturated carbocycles. The second-order valence-electron chi connectivity index (χ2n) is 4.73. The minimum atomic E-state index is -0.263. The molecule has 5 heteroatoms. The van der Waals surface area contributed by atoms with E-state index < -0.39 is 0 Å². The zero-order valence-corrected chi connectivity index (χ0v) is 12.6. The Balaban J connectivity index is 2.06. The maximum absolute atomic E-state index is 12.0. The van der Waals surface area contributed by atoms with Gasteiger partial charge in [0.1, 0.15) is 5.75 Å². The number of aromatic hydroxyl groups is 1. The maximum Gasteiger partial charge on any atom is 0.257 e. The number of carbonyl (C=O) groups excluding carboxylic acids is 1. The number of benzene rings is 2. The van der Waals surface area contributed by atoms with Crippen LogP contribution in [0.15, 0.2) is 42.5 Å². The average Bonchev–Trinajstić information content (AvgIpc) is 2.45. The minimum absolute atomic E-state index is 0.219. The van der Waals surface area contributed by atoms with E-state index in [-0.39, 0.29) is 16.8 Å². The molecule has 0 heterocycles. The summed E-state index contributed by atoms with van der Waals surface area (Å²) in [6.45, 7) is 3.65. The van der Waals surface area contributed by atoms with E-state index in [2.05, 4.69) is 10.6 Å². The molecule has 0 bridgehead atoms. The van der Waals surface area contributed by atoms with Crippen LogP contribution in [-0.4, -0.2) is 16.1 Å². The summed E-state index contributed by atoms with van der Waals surface area (Å²) in [6.07, 6.45) is 0. The fourth-order valence-corrected chi connectivity index (χ4v) is 2.06. The molecule has 1 amide bonds. The van der Waals surface area contributed by atoms with Crippen LogP contribution in [-0.2, 0) is 0 Å². The molecule has 21 heavy (non-hydrogen) atoms. The van der Waals surface area contributed by atoms with Gasteiger partial charge in [0.05, 0.1) is 0 Å². The van der Waals surface area contributed by atoms with Crippen LogP contribution in [0.1, 0.15) is 21.5 Å². The van der Waals surface area contributed by atoms with Crippen molar-refractivity contribution in [3.05, 3.63) is 59.2 Å². The van der Waals surface area contributed by atoms with Gasteiger partial charge in [-0.1, -0.05) is 18.2 Å². The summed E-state index contributed by atoms with van der Waals surface area (Å²) >= 11 is 5.14. The normalized spacial score (nSPS) is 10.0. The molecule has 0 saturated heterocycles. The first-order valence-electron chi connectivity index (χ1n) is 6.45. The standard InChI is InChI=1S/C16H16N2O2S/c1-10-9-14(19)11(2)8-13(10)17-16(21)18-15(20)12-6-4-3-5-7-12/h3-9,19H,1-2H3,(H2,17,18,20,21). The van der Waals surface area contributed by atoms with E-state index in [1.807, 2.05) is 13.0 Å². The van der Waals surface area contributed by atoms with Crippen molar-refractivity contribution < 1.29 is 9.90 Å². The summed E-state index contributed by atoms with van der Waals surface area (Å²) in [6, 6.07) is 12.3. The highest BCUT2D eigenvalue weighted by molar-refractivity contribution is 7.80. The predicted octanol–water partition coefficient (Wildman–Crippen LogP) is 3.14. The second kappa shape index (κ2) is 6.37. The lowest BCUT2D eigenvalue weighted by molar-refractivity contribution is 0.0977.